The second kappa shape index (κ2) is 12.0. The predicted molar refractivity (Wildman–Crippen MR) is 157 cm³/mol. The smallest absolute Gasteiger partial charge is 0.337 e. The number of dihydropyridines is 1. The lowest BCUT2D eigenvalue weighted by Crippen LogP contribution is -2.37. The van der Waals surface area contributed by atoms with Crippen LogP contribution in [0, 0.1) is 0 Å². The first-order chi connectivity index (χ1) is 18.9. The molecule has 0 unspecified atom stereocenters. The van der Waals surface area contributed by atoms with Crippen molar-refractivity contribution in [1.82, 2.24) is 5.32 Å². The van der Waals surface area contributed by atoms with Gasteiger partial charge in [0.1, 0.15) is 6.10 Å². The number of Topliss-reactive ketones (excluding diaryl/α,β-unsaturated/α-hetero) is 1. The molecule has 0 bridgehead atoms. The minimum Gasteiger partial charge on any atom is -0.459 e. The van der Waals surface area contributed by atoms with E-state index in [1.54, 1.807) is 0 Å². The molecule has 5 rings (SSSR count). The van der Waals surface area contributed by atoms with E-state index in [2.05, 4.69) is 48.3 Å². The van der Waals surface area contributed by atoms with Gasteiger partial charge in [0.25, 0.3) is 0 Å². The molecular formula is C33H39ClN2O3. The average Bonchev–Trinajstić information content (AvgIpc) is 2.94. The summed E-state index contributed by atoms with van der Waals surface area (Å²) in [4.78, 5) is 29.9. The van der Waals surface area contributed by atoms with Gasteiger partial charge in [-0.1, -0.05) is 42.3 Å². The third-order valence-corrected chi connectivity index (χ3v) is 8.82. The summed E-state index contributed by atoms with van der Waals surface area (Å²) in [5.74, 6) is -0.599. The summed E-state index contributed by atoms with van der Waals surface area (Å²) in [6.45, 7) is 8.06. The number of hydrogen-bond donors (Lipinski definition) is 1. The highest BCUT2D eigenvalue weighted by Crippen LogP contribution is 2.46. The van der Waals surface area contributed by atoms with E-state index in [4.69, 9.17) is 16.3 Å². The number of nitrogens with zero attached hydrogens (tertiary/aromatic N) is 1. The van der Waals surface area contributed by atoms with Gasteiger partial charge in [0.05, 0.1) is 5.57 Å². The lowest BCUT2D eigenvalue weighted by Gasteiger charge is -2.37. The van der Waals surface area contributed by atoms with Gasteiger partial charge in [0.15, 0.2) is 5.78 Å². The lowest BCUT2D eigenvalue weighted by atomic mass is 9.71. The number of anilines is 1. The van der Waals surface area contributed by atoms with Gasteiger partial charge in [-0.05, 0) is 94.2 Å². The van der Waals surface area contributed by atoms with Gasteiger partial charge >= 0.3 is 5.97 Å². The van der Waals surface area contributed by atoms with E-state index in [9.17, 15) is 9.59 Å². The maximum atomic E-state index is 13.9. The molecule has 2 aromatic carbocycles. The van der Waals surface area contributed by atoms with E-state index in [1.165, 1.54) is 6.42 Å². The number of hydrogen-bond acceptors (Lipinski definition) is 5. The van der Waals surface area contributed by atoms with Crippen molar-refractivity contribution in [2.75, 3.05) is 18.0 Å². The molecule has 1 N–H and O–H groups in total. The fourth-order valence-electron chi connectivity index (χ4n) is 6.48. The van der Waals surface area contributed by atoms with Crippen LogP contribution in [0.1, 0.15) is 88.7 Å². The SMILES string of the molecule is CCN(CC)c1ccc([C@@H]2C(C(=O)OC3CCCCC3)=C(C)NC3=C2C(=O)C[C@@H](c2ccc(Cl)cc2)C3)cc1. The molecule has 2 aromatic rings. The Morgan fingerprint density at radius 2 is 1.59 bits per heavy atom. The minimum absolute atomic E-state index is 0.0519. The molecule has 0 aromatic heterocycles. The normalized spacial score (nSPS) is 21.9. The first-order valence-corrected chi connectivity index (χ1v) is 14.8. The molecule has 6 heteroatoms. The summed E-state index contributed by atoms with van der Waals surface area (Å²) in [6, 6.07) is 16.1. The minimum atomic E-state index is -0.443. The molecule has 1 aliphatic heterocycles. The lowest BCUT2D eigenvalue weighted by molar-refractivity contribution is -0.146. The molecule has 2 atom stereocenters. The van der Waals surface area contributed by atoms with Crippen LogP contribution in [0.15, 0.2) is 71.1 Å². The number of ether oxygens (including phenoxy) is 1. The number of benzene rings is 2. The first kappa shape index (κ1) is 27.5. The summed E-state index contributed by atoms with van der Waals surface area (Å²) < 4.78 is 6.07. The molecule has 0 radical (unpaired) electrons. The molecule has 1 heterocycles. The van der Waals surface area contributed by atoms with Crippen molar-refractivity contribution in [3.63, 3.8) is 0 Å². The Balaban J connectivity index is 1.52. The average molecular weight is 547 g/mol. The number of carbonyl (C=O) groups excluding carboxylic acids is 2. The van der Waals surface area contributed by atoms with Crippen LogP contribution in [0.2, 0.25) is 5.02 Å². The summed E-state index contributed by atoms with van der Waals surface area (Å²) in [5, 5.41) is 4.16. The second-order valence-corrected chi connectivity index (χ2v) is 11.4. The Bertz CT molecular complexity index is 1270. The van der Waals surface area contributed by atoms with Crippen molar-refractivity contribution in [3.8, 4) is 0 Å². The first-order valence-electron chi connectivity index (χ1n) is 14.4. The molecule has 5 nitrogen and oxygen atoms in total. The molecule has 0 saturated heterocycles. The van der Waals surface area contributed by atoms with Crippen molar-refractivity contribution in [1.29, 1.82) is 0 Å². The van der Waals surface area contributed by atoms with Gasteiger partial charge in [-0.15, -0.1) is 0 Å². The zero-order valence-corrected chi connectivity index (χ0v) is 24.0. The van der Waals surface area contributed by atoms with Crippen molar-refractivity contribution in [2.24, 2.45) is 0 Å². The van der Waals surface area contributed by atoms with Gasteiger partial charge in [-0.25, -0.2) is 4.79 Å². The van der Waals surface area contributed by atoms with E-state index >= 15 is 0 Å². The standard InChI is InChI=1S/C33H39ClN2O3/c1-4-36(5-2)26-17-13-23(14-18-26)31-30(33(38)39-27-9-7-6-8-10-27)21(3)35-28-19-24(20-29(37)32(28)31)22-11-15-25(34)16-12-22/h11-18,24,27,31,35H,4-10,19-20H2,1-3H3/t24-,31+/m0/s1. The molecule has 0 amide bonds. The number of esters is 1. The van der Waals surface area contributed by atoms with E-state index in [0.717, 1.165) is 67.0 Å². The van der Waals surface area contributed by atoms with Crippen LogP contribution in [0.4, 0.5) is 5.69 Å². The maximum absolute atomic E-state index is 13.9. The molecule has 39 heavy (non-hydrogen) atoms. The third kappa shape index (κ3) is 5.79. The van der Waals surface area contributed by atoms with Crippen LogP contribution in [-0.4, -0.2) is 30.9 Å². The van der Waals surface area contributed by atoms with Crippen LogP contribution < -0.4 is 10.2 Å². The Morgan fingerprint density at radius 3 is 2.23 bits per heavy atom. The van der Waals surface area contributed by atoms with E-state index in [0.29, 0.717) is 29.0 Å². The highest BCUT2D eigenvalue weighted by molar-refractivity contribution is 6.30. The highest BCUT2D eigenvalue weighted by atomic mass is 35.5. The van der Waals surface area contributed by atoms with Crippen LogP contribution in [0.25, 0.3) is 0 Å². The number of halogens is 1. The topological polar surface area (TPSA) is 58.6 Å². The van der Waals surface area contributed by atoms with Crippen LogP contribution in [0.5, 0.6) is 0 Å². The fourth-order valence-corrected chi connectivity index (χ4v) is 6.60. The Morgan fingerprint density at radius 1 is 0.949 bits per heavy atom. The Hall–Kier alpha value is -3.05. The van der Waals surface area contributed by atoms with Crippen LogP contribution in [0.3, 0.4) is 0 Å². The zero-order valence-electron chi connectivity index (χ0n) is 23.3. The van der Waals surface area contributed by atoms with Crippen LogP contribution in [-0.2, 0) is 14.3 Å². The Labute approximate surface area is 237 Å². The van der Waals surface area contributed by atoms with Crippen molar-refractivity contribution >= 4 is 29.0 Å². The largest absolute Gasteiger partial charge is 0.459 e. The summed E-state index contributed by atoms with van der Waals surface area (Å²) >= 11 is 6.12. The fraction of sp³-hybridized carbons (Fsp3) is 0.455. The molecule has 0 spiro atoms. The summed E-state index contributed by atoms with van der Waals surface area (Å²) in [5.41, 5.74) is 6.15. The Kier molecular flexibility index (Phi) is 8.46. The van der Waals surface area contributed by atoms with Crippen molar-refractivity contribution < 1.29 is 14.3 Å². The second-order valence-electron chi connectivity index (χ2n) is 11.0. The molecule has 3 aliphatic rings. The van der Waals surface area contributed by atoms with Gasteiger partial charge < -0.3 is 15.0 Å². The monoisotopic (exact) mass is 546 g/mol. The maximum Gasteiger partial charge on any atom is 0.337 e. The third-order valence-electron chi connectivity index (χ3n) is 8.57. The quantitative estimate of drug-likeness (QED) is 0.366. The van der Waals surface area contributed by atoms with E-state index in [1.807, 2.05) is 31.2 Å². The van der Waals surface area contributed by atoms with Gasteiger partial charge in [-0.2, -0.15) is 0 Å². The number of allylic oxidation sites excluding steroid dienone is 3. The number of ketones is 1. The predicted octanol–water partition coefficient (Wildman–Crippen LogP) is 7.42. The summed E-state index contributed by atoms with van der Waals surface area (Å²) in [6.07, 6.45) is 6.24. The highest BCUT2D eigenvalue weighted by Gasteiger charge is 2.42. The number of nitrogens with one attached hydrogen (secondary N) is 1. The molecule has 1 fully saturated rings. The van der Waals surface area contributed by atoms with Gasteiger partial charge in [0, 0.05) is 53.1 Å². The molecule has 2 aliphatic carbocycles. The van der Waals surface area contributed by atoms with E-state index in [-0.39, 0.29) is 23.8 Å². The van der Waals surface area contributed by atoms with E-state index < -0.39 is 5.92 Å². The van der Waals surface area contributed by atoms with Crippen molar-refractivity contribution in [2.45, 2.75) is 83.7 Å². The van der Waals surface area contributed by atoms with Crippen molar-refractivity contribution in [3.05, 3.63) is 87.2 Å². The summed E-state index contributed by atoms with van der Waals surface area (Å²) in [7, 11) is 0. The molecular weight excluding hydrogens is 508 g/mol. The zero-order chi connectivity index (χ0) is 27.5. The molecule has 1 saturated carbocycles. The van der Waals surface area contributed by atoms with Gasteiger partial charge in [-0.3, -0.25) is 4.79 Å². The molecule has 206 valence electrons. The number of rotatable bonds is 7. The van der Waals surface area contributed by atoms with Crippen LogP contribution >= 0.6 is 11.6 Å². The van der Waals surface area contributed by atoms with Gasteiger partial charge in [0.2, 0.25) is 0 Å². The number of carbonyl (C=O) groups is 2.